The van der Waals surface area contributed by atoms with Gasteiger partial charge in [0.1, 0.15) is 0 Å². The van der Waals surface area contributed by atoms with E-state index in [-0.39, 0.29) is 21.4 Å². The number of rotatable bonds is 6. The third kappa shape index (κ3) is 6.04. The van der Waals surface area contributed by atoms with E-state index in [9.17, 15) is 21.6 Å². The number of thioether (sulfide) groups is 1. The Morgan fingerprint density at radius 1 is 1.08 bits per heavy atom. The average molecular weight is 550 g/mol. The molecule has 1 N–H and O–H groups in total. The topological polar surface area (TPSA) is 88.7 Å². The van der Waals surface area contributed by atoms with Gasteiger partial charge in [-0.05, 0) is 53.6 Å². The first-order valence-electron chi connectivity index (χ1n) is 10.2. The summed E-state index contributed by atoms with van der Waals surface area (Å²) in [5, 5.41) is 9.51. The van der Waals surface area contributed by atoms with Gasteiger partial charge in [-0.15, -0.1) is 15.7 Å². The molecule has 0 fully saturated rings. The second-order valence-electron chi connectivity index (χ2n) is 7.15. The highest BCUT2D eigenvalue weighted by Gasteiger charge is 2.35. The highest BCUT2D eigenvalue weighted by atomic mass is 32.2. The van der Waals surface area contributed by atoms with Gasteiger partial charge in [-0.25, -0.2) is 4.68 Å². The Kier molecular flexibility index (Phi) is 7.62. The number of hydrogen-bond donors (Lipinski definition) is 1. The van der Waals surface area contributed by atoms with E-state index in [0.29, 0.717) is 4.88 Å². The van der Waals surface area contributed by atoms with Crippen molar-refractivity contribution in [3.8, 4) is 16.3 Å². The van der Waals surface area contributed by atoms with Gasteiger partial charge in [0.25, 0.3) is 10.0 Å². The molecular formula is C23H18F3N5O2S3. The van der Waals surface area contributed by atoms with Gasteiger partial charge in [-0.1, -0.05) is 48.2 Å². The van der Waals surface area contributed by atoms with Gasteiger partial charge in [-0.2, -0.15) is 31.8 Å². The highest BCUT2D eigenvalue weighted by Crippen LogP contribution is 2.34. The molecule has 2 heterocycles. The monoisotopic (exact) mass is 549 g/mol. The van der Waals surface area contributed by atoms with Crippen LogP contribution in [0.1, 0.15) is 11.3 Å². The van der Waals surface area contributed by atoms with Crippen LogP contribution in [-0.4, -0.2) is 35.8 Å². The summed E-state index contributed by atoms with van der Waals surface area (Å²) in [7, 11) is -4.11. The van der Waals surface area contributed by atoms with E-state index < -0.39 is 21.9 Å². The lowest BCUT2D eigenvalue weighted by Crippen LogP contribution is -2.16. The van der Waals surface area contributed by atoms with Crippen molar-refractivity contribution < 1.29 is 21.6 Å². The molecule has 0 aliphatic carbocycles. The second kappa shape index (κ2) is 10.7. The maximum absolute atomic E-state index is 13.3. The van der Waals surface area contributed by atoms with Gasteiger partial charge in [0.05, 0.1) is 27.4 Å². The third-order valence-corrected chi connectivity index (χ3v) is 7.59. The number of amidine groups is 1. The van der Waals surface area contributed by atoms with Crippen LogP contribution in [0.4, 0.5) is 13.2 Å². The lowest BCUT2D eigenvalue weighted by molar-refractivity contribution is -0.141. The van der Waals surface area contributed by atoms with Gasteiger partial charge >= 0.3 is 6.18 Å². The lowest BCUT2D eigenvalue weighted by Gasteiger charge is -2.08. The van der Waals surface area contributed by atoms with Crippen molar-refractivity contribution in [2.24, 2.45) is 9.50 Å². The predicted molar refractivity (Wildman–Crippen MR) is 137 cm³/mol. The minimum Gasteiger partial charge on any atom is -0.255 e. The summed E-state index contributed by atoms with van der Waals surface area (Å²) in [6.45, 7) is 0. The van der Waals surface area contributed by atoms with Crippen LogP contribution in [0.5, 0.6) is 0 Å². The highest BCUT2D eigenvalue weighted by molar-refractivity contribution is 8.13. The maximum Gasteiger partial charge on any atom is 0.435 e. The Labute approximate surface area is 213 Å². The zero-order chi connectivity index (χ0) is 25.8. The first kappa shape index (κ1) is 25.7. The average Bonchev–Trinajstić information content (AvgIpc) is 3.54. The first-order chi connectivity index (χ1) is 17.2. The summed E-state index contributed by atoms with van der Waals surface area (Å²) in [5.74, 6) is 0. The van der Waals surface area contributed by atoms with Gasteiger partial charge in [0, 0.05) is 0 Å². The van der Waals surface area contributed by atoms with Crippen LogP contribution in [0.2, 0.25) is 0 Å². The number of benzene rings is 2. The number of sulfonamides is 1. The number of nitrogens with one attached hydrogen (secondary N) is 1. The number of aromatic nitrogens is 2. The summed E-state index contributed by atoms with van der Waals surface area (Å²) in [4.78, 5) is 0.457. The number of thiophene rings is 1. The van der Waals surface area contributed by atoms with Crippen LogP contribution in [0.3, 0.4) is 0 Å². The minimum absolute atomic E-state index is 0.0492. The predicted octanol–water partition coefficient (Wildman–Crippen LogP) is 5.65. The van der Waals surface area contributed by atoms with Crippen molar-refractivity contribution in [2.75, 3.05) is 6.26 Å². The molecule has 4 aromatic rings. The molecule has 0 saturated heterocycles. The standard InChI is InChI=1S/C23H18F3N5O2S3/c1-34-22(28-27-15-16-6-3-2-4-7-16)30-36(32,33)18-11-9-17(10-12-18)31-19(20-8-5-13-35-20)14-21(29-31)23(24,25)26/h2-15H,1H3,(H,28,30). The van der Waals surface area contributed by atoms with Gasteiger partial charge in [0.2, 0.25) is 0 Å². The largest absolute Gasteiger partial charge is 0.435 e. The molecular weight excluding hydrogens is 531 g/mol. The van der Waals surface area contributed by atoms with Crippen molar-refractivity contribution in [1.29, 1.82) is 0 Å². The zero-order valence-electron chi connectivity index (χ0n) is 18.5. The molecule has 0 spiro atoms. The van der Waals surface area contributed by atoms with E-state index >= 15 is 0 Å². The molecule has 2 aromatic carbocycles. The Balaban J connectivity index is 1.59. The van der Waals surface area contributed by atoms with Gasteiger partial charge in [0.15, 0.2) is 10.9 Å². The fraction of sp³-hybridized carbons (Fsp3) is 0.0870. The summed E-state index contributed by atoms with van der Waals surface area (Å²) < 4.78 is 70.5. The molecule has 186 valence electrons. The molecule has 0 unspecified atom stereocenters. The number of halogens is 3. The van der Waals surface area contributed by atoms with E-state index in [2.05, 4.69) is 20.0 Å². The van der Waals surface area contributed by atoms with Crippen molar-refractivity contribution in [2.45, 2.75) is 11.1 Å². The molecule has 0 aliphatic rings. The van der Waals surface area contributed by atoms with Gasteiger partial charge in [-0.3, -0.25) is 5.43 Å². The smallest absolute Gasteiger partial charge is 0.255 e. The Hall–Kier alpha value is -3.42. The summed E-state index contributed by atoms with van der Waals surface area (Å²) in [6.07, 6.45) is -1.46. The maximum atomic E-state index is 13.3. The van der Waals surface area contributed by atoms with Crippen LogP contribution in [0, 0.1) is 0 Å². The van der Waals surface area contributed by atoms with Crippen molar-refractivity contribution >= 4 is 44.5 Å². The van der Waals surface area contributed by atoms with E-state index in [1.54, 1.807) is 23.8 Å². The normalized spacial score (nSPS) is 12.8. The van der Waals surface area contributed by atoms with Crippen molar-refractivity contribution in [1.82, 2.24) is 15.2 Å². The summed E-state index contributed by atoms with van der Waals surface area (Å²) in [5.41, 5.74) is 2.90. The number of alkyl halides is 3. The van der Waals surface area contributed by atoms with Gasteiger partial charge < -0.3 is 0 Å². The molecule has 0 saturated carbocycles. The van der Waals surface area contributed by atoms with Crippen molar-refractivity contribution in [3.05, 3.63) is 89.4 Å². The number of hydrazone groups is 1. The van der Waals surface area contributed by atoms with E-state index in [1.165, 1.54) is 41.8 Å². The van der Waals surface area contributed by atoms with E-state index in [4.69, 9.17) is 0 Å². The quantitative estimate of drug-likeness (QED) is 0.191. The Bertz CT molecular complexity index is 1480. The summed E-state index contributed by atoms with van der Waals surface area (Å²) >= 11 is 2.33. The van der Waals surface area contributed by atoms with Crippen LogP contribution < -0.4 is 5.43 Å². The molecule has 0 aliphatic heterocycles. The molecule has 13 heteroatoms. The summed E-state index contributed by atoms with van der Waals surface area (Å²) in [6, 6.07) is 18.9. The van der Waals surface area contributed by atoms with E-state index in [0.717, 1.165) is 28.1 Å². The Morgan fingerprint density at radius 3 is 2.42 bits per heavy atom. The molecule has 0 bridgehead atoms. The second-order valence-corrected chi connectivity index (χ2v) is 10.5. The third-order valence-electron chi connectivity index (χ3n) is 4.72. The van der Waals surface area contributed by atoms with Crippen molar-refractivity contribution in [3.63, 3.8) is 0 Å². The Morgan fingerprint density at radius 2 is 1.81 bits per heavy atom. The lowest BCUT2D eigenvalue weighted by atomic mass is 10.2. The molecule has 4 rings (SSSR count). The fourth-order valence-electron chi connectivity index (χ4n) is 3.04. The van der Waals surface area contributed by atoms with Crippen LogP contribution >= 0.6 is 23.1 Å². The molecule has 0 amide bonds. The molecule has 7 nitrogen and oxygen atoms in total. The molecule has 2 aromatic heterocycles. The number of hydrogen-bond acceptors (Lipinski definition) is 6. The first-order valence-corrected chi connectivity index (χ1v) is 13.8. The SMILES string of the molecule is CSC(=NS(=O)(=O)c1ccc(-n2nc(C(F)(F)F)cc2-c2cccs2)cc1)NN=Cc1ccccc1. The number of nitrogens with zero attached hydrogens (tertiary/aromatic N) is 4. The van der Waals surface area contributed by atoms with Crippen LogP contribution in [0.25, 0.3) is 16.3 Å². The van der Waals surface area contributed by atoms with Crippen LogP contribution in [-0.2, 0) is 16.2 Å². The minimum atomic E-state index is -4.63. The van der Waals surface area contributed by atoms with Crippen LogP contribution in [0.15, 0.2) is 92.6 Å². The zero-order valence-corrected chi connectivity index (χ0v) is 21.0. The molecule has 0 radical (unpaired) electrons. The van der Waals surface area contributed by atoms with E-state index in [1.807, 2.05) is 30.3 Å². The fourth-order valence-corrected chi connectivity index (χ4v) is 5.35. The molecule has 36 heavy (non-hydrogen) atoms. The molecule has 0 atom stereocenters.